The number of hydrogen-bond acceptors (Lipinski definition) is 4. The molecule has 5 heteroatoms. The van der Waals surface area contributed by atoms with Crippen LogP contribution in [0.4, 0.5) is 11.6 Å². The smallest absolute Gasteiger partial charge is 0.222 e. The van der Waals surface area contributed by atoms with Gasteiger partial charge >= 0.3 is 0 Å². The van der Waals surface area contributed by atoms with Crippen LogP contribution in [-0.4, -0.2) is 23.2 Å². The fraction of sp³-hybridized carbons (Fsp3) is 0.214. The Bertz CT molecular complexity index is 539. The van der Waals surface area contributed by atoms with Crippen molar-refractivity contribution in [3.63, 3.8) is 0 Å². The molecule has 0 aliphatic heterocycles. The van der Waals surface area contributed by atoms with Crippen LogP contribution < -0.4 is 10.2 Å². The van der Waals surface area contributed by atoms with Gasteiger partial charge in [-0.15, -0.1) is 10.2 Å². The molecule has 1 amide bonds. The number of anilines is 2. The molecular weight excluding hydrogens is 240 g/mol. The second-order valence-corrected chi connectivity index (χ2v) is 4.30. The van der Waals surface area contributed by atoms with Gasteiger partial charge < -0.3 is 10.2 Å². The summed E-state index contributed by atoms with van der Waals surface area (Å²) in [6, 6.07) is 13.7. The largest absolute Gasteiger partial charge is 0.354 e. The van der Waals surface area contributed by atoms with Crippen LogP contribution in [0.1, 0.15) is 12.5 Å². The number of nitrogens with zero attached hydrogens (tertiary/aromatic N) is 3. The van der Waals surface area contributed by atoms with Crippen LogP contribution >= 0.6 is 0 Å². The Balaban J connectivity index is 2.03. The molecule has 0 radical (unpaired) electrons. The summed E-state index contributed by atoms with van der Waals surface area (Å²) >= 11 is 0. The summed E-state index contributed by atoms with van der Waals surface area (Å²) < 4.78 is 0. The average Bonchev–Trinajstić information content (AvgIpc) is 2.40. The Kier molecular flexibility index (Phi) is 4.07. The van der Waals surface area contributed by atoms with E-state index in [0.717, 1.165) is 12.4 Å². The summed E-state index contributed by atoms with van der Waals surface area (Å²) in [6.07, 6.45) is 0. The summed E-state index contributed by atoms with van der Waals surface area (Å²) in [5.74, 6) is 1.07. The van der Waals surface area contributed by atoms with Gasteiger partial charge in [-0.05, 0) is 17.7 Å². The fourth-order valence-electron chi connectivity index (χ4n) is 1.71. The van der Waals surface area contributed by atoms with Gasteiger partial charge in [-0.3, -0.25) is 4.79 Å². The van der Waals surface area contributed by atoms with Gasteiger partial charge in [0.2, 0.25) is 5.91 Å². The molecular formula is C14H16N4O. The molecule has 1 aromatic carbocycles. The zero-order chi connectivity index (χ0) is 13.7. The van der Waals surface area contributed by atoms with Crippen LogP contribution in [0.15, 0.2) is 42.5 Å². The molecule has 0 aliphatic carbocycles. The number of carbonyl (C=O) groups excluding carboxylic acids is 1. The molecule has 0 bridgehead atoms. The van der Waals surface area contributed by atoms with E-state index in [1.807, 2.05) is 36.2 Å². The molecule has 2 rings (SSSR count). The average molecular weight is 256 g/mol. The van der Waals surface area contributed by atoms with Crippen molar-refractivity contribution in [1.29, 1.82) is 0 Å². The molecule has 0 atom stereocenters. The highest BCUT2D eigenvalue weighted by Gasteiger charge is 2.05. The summed E-state index contributed by atoms with van der Waals surface area (Å²) in [5, 5.41) is 10.6. The lowest BCUT2D eigenvalue weighted by molar-refractivity contribution is -0.114. The lowest BCUT2D eigenvalue weighted by atomic mass is 10.2. The van der Waals surface area contributed by atoms with Crippen molar-refractivity contribution in [1.82, 2.24) is 10.2 Å². The minimum absolute atomic E-state index is 0.153. The van der Waals surface area contributed by atoms with Crippen molar-refractivity contribution in [2.45, 2.75) is 13.5 Å². The number of carbonyl (C=O) groups is 1. The number of aromatic nitrogens is 2. The van der Waals surface area contributed by atoms with Crippen molar-refractivity contribution < 1.29 is 4.79 Å². The third kappa shape index (κ3) is 3.77. The molecule has 5 nitrogen and oxygen atoms in total. The fourth-order valence-corrected chi connectivity index (χ4v) is 1.71. The highest BCUT2D eigenvalue weighted by Crippen LogP contribution is 2.13. The van der Waals surface area contributed by atoms with Crippen molar-refractivity contribution in [3.05, 3.63) is 48.0 Å². The monoisotopic (exact) mass is 256 g/mol. The second kappa shape index (κ2) is 5.95. The summed E-state index contributed by atoms with van der Waals surface area (Å²) in [6.45, 7) is 2.20. The lowest BCUT2D eigenvalue weighted by Crippen LogP contribution is -2.18. The van der Waals surface area contributed by atoms with E-state index in [9.17, 15) is 4.79 Å². The molecule has 1 heterocycles. The first-order valence-corrected chi connectivity index (χ1v) is 6.01. The molecule has 1 aromatic heterocycles. The molecule has 0 unspecified atom stereocenters. The second-order valence-electron chi connectivity index (χ2n) is 4.30. The number of amides is 1. The first-order chi connectivity index (χ1) is 9.15. The van der Waals surface area contributed by atoms with Crippen LogP contribution in [0.5, 0.6) is 0 Å². The molecule has 98 valence electrons. The van der Waals surface area contributed by atoms with Crippen LogP contribution in [0.2, 0.25) is 0 Å². The van der Waals surface area contributed by atoms with E-state index >= 15 is 0 Å². The van der Waals surface area contributed by atoms with Crippen molar-refractivity contribution in [2.24, 2.45) is 0 Å². The van der Waals surface area contributed by atoms with Gasteiger partial charge in [0.15, 0.2) is 11.6 Å². The van der Waals surface area contributed by atoms with E-state index in [4.69, 9.17) is 0 Å². The van der Waals surface area contributed by atoms with Crippen molar-refractivity contribution in [2.75, 3.05) is 17.3 Å². The quantitative estimate of drug-likeness (QED) is 0.909. The Morgan fingerprint density at radius 3 is 2.47 bits per heavy atom. The lowest BCUT2D eigenvalue weighted by Gasteiger charge is -2.17. The van der Waals surface area contributed by atoms with Gasteiger partial charge in [-0.1, -0.05) is 30.3 Å². The Morgan fingerprint density at radius 2 is 1.89 bits per heavy atom. The third-order valence-electron chi connectivity index (χ3n) is 2.61. The van der Waals surface area contributed by atoms with Gasteiger partial charge in [0.05, 0.1) is 0 Å². The summed E-state index contributed by atoms with van der Waals surface area (Å²) in [5.41, 5.74) is 1.21. The van der Waals surface area contributed by atoms with Gasteiger partial charge in [0.1, 0.15) is 0 Å². The van der Waals surface area contributed by atoms with E-state index in [1.165, 1.54) is 12.5 Å². The molecule has 0 aliphatic rings. The normalized spacial score (nSPS) is 10.0. The van der Waals surface area contributed by atoms with Gasteiger partial charge in [0, 0.05) is 20.5 Å². The maximum atomic E-state index is 10.9. The highest BCUT2D eigenvalue weighted by atomic mass is 16.1. The highest BCUT2D eigenvalue weighted by molar-refractivity contribution is 5.87. The zero-order valence-electron chi connectivity index (χ0n) is 11.0. The van der Waals surface area contributed by atoms with Gasteiger partial charge in [-0.25, -0.2) is 0 Å². The number of benzene rings is 1. The van der Waals surface area contributed by atoms with E-state index in [2.05, 4.69) is 27.6 Å². The molecule has 0 fully saturated rings. The molecule has 2 aromatic rings. The molecule has 0 spiro atoms. The van der Waals surface area contributed by atoms with Gasteiger partial charge in [-0.2, -0.15) is 0 Å². The SMILES string of the molecule is CC(=O)Nc1ccc(N(C)Cc2ccccc2)nn1. The molecule has 0 saturated heterocycles. The standard InChI is InChI=1S/C14H16N4O/c1-11(19)15-13-8-9-14(17-16-13)18(2)10-12-6-4-3-5-7-12/h3-9H,10H2,1-2H3,(H,15,16,19). The minimum Gasteiger partial charge on any atom is -0.354 e. The third-order valence-corrected chi connectivity index (χ3v) is 2.61. The Labute approximate surface area is 112 Å². The van der Waals surface area contributed by atoms with Crippen molar-refractivity contribution >= 4 is 17.5 Å². The number of nitrogens with one attached hydrogen (secondary N) is 1. The Hall–Kier alpha value is -2.43. The predicted molar refractivity (Wildman–Crippen MR) is 74.9 cm³/mol. The summed E-state index contributed by atoms with van der Waals surface area (Å²) in [4.78, 5) is 12.9. The van der Waals surface area contributed by atoms with E-state index in [0.29, 0.717) is 5.82 Å². The van der Waals surface area contributed by atoms with Crippen LogP contribution in [0, 0.1) is 0 Å². The van der Waals surface area contributed by atoms with Crippen LogP contribution in [0.3, 0.4) is 0 Å². The van der Waals surface area contributed by atoms with Gasteiger partial charge in [0.25, 0.3) is 0 Å². The van der Waals surface area contributed by atoms with E-state index in [-0.39, 0.29) is 5.91 Å². The molecule has 19 heavy (non-hydrogen) atoms. The van der Waals surface area contributed by atoms with Crippen molar-refractivity contribution in [3.8, 4) is 0 Å². The van der Waals surface area contributed by atoms with E-state index in [1.54, 1.807) is 6.07 Å². The Morgan fingerprint density at radius 1 is 1.16 bits per heavy atom. The molecule has 1 N–H and O–H groups in total. The zero-order valence-corrected chi connectivity index (χ0v) is 11.0. The number of rotatable bonds is 4. The number of hydrogen-bond donors (Lipinski definition) is 1. The first-order valence-electron chi connectivity index (χ1n) is 6.01. The topological polar surface area (TPSA) is 58.1 Å². The minimum atomic E-state index is -0.153. The first kappa shape index (κ1) is 13.0. The maximum Gasteiger partial charge on any atom is 0.222 e. The van der Waals surface area contributed by atoms with E-state index < -0.39 is 0 Å². The van der Waals surface area contributed by atoms with Crippen LogP contribution in [0.25, 0.3) is 0 Å². The predicted octanol–water partition coefficient (Wildman–Crippen LogP) is 2.07. The summed E-state index contributed by atoms with van der Waals surface area (Å²) in [7, 11) is 1.95. The van der Waals surface area contributed by atoms with Crippen LogP contribution in [-0.2, 0) is 11.3 Å². The maximum absolute atomic E-state index is 10.9. The molecule has 0 saturated carbocycles.